The van der Waals surface area contributed by atoms with Crippen molar-refractivity contribution < 1.29 is 0 Å². The van der Waals surface area contributed by atoms with E-state index in [1.807, 2.05) is 6.92 Å². The minimum Gasteiger partial charge on any atom is -0.363 e. The van der Waals surface area contributed by atoms with Crippen LogP contribution in [-0.4, -0.2) is 5.71 Å². The Labute approximate surface area is 79.8 Å². The van der Waals surface area contributed by atoms with Crippen molar-refractivity contribution in [1.29, 1.82) is 0 Å². The number of hydrogen-bond donors (Lipinski definition) is 1. The van der Waals surface area contributed by atoms with Gasteiger partial charge in [0, 0.05) is 23.3 Å². The quantitative estimate of drug-likeness (QED) is 0.643. The van der Waals surface area contributed by atoms with Crippen molar-refractivity contribution >= 4 is 5.71 Å². The lowest BCUT2D eigenvalue weighted by Crippen LogP contribution is -2.20. The average molecular weight is 176 g/mol. The summed E-state index contributed by atoms with van der Waals surface area (Å²) in [5.74, 6) is 0. The van der Waals surface area contributed by atoms with E-state index < -0.39 is 0 Å². The zero-order valence-corrected chi connectivity index (χ0v) is 8.35. The van der Waals surface area contributed by atoms with Crippen molar-refractivity contribution in [3.8, 4) is 0 Å². The summed E-state index contributed by atoms with van der Waals surface area (Å²) in [6.45, 7) is 11.6. The molecule has 0 atom stereocenters. The molecule has 0 aliphatic carbocycles. The number of nitrogens with one attached hydrogen (secondary N) is 1. The summed E-state index contributed by atoms with van der Waals surface area (Å²) in [5.41, 5.74) is 4.59. The molecule has 1 heterocycles. The van der Waals surface area contributed by atoms with Crippen molar-refractivity contribution in [3.05, 3.63) is 36.3 Å². The first-order chi connectivity index (χ1) is 6.15. The van der Waals surface area contributed by atoms with Crippen LogP contribution in [0.3, 0.4) is 0 Å². The first-order valence-electron chi connectivity index (χ1n) is 4.45. The minimum atomic E-state index is 0.997. The van der Waals surface area contributed by atoms with Gasteiger partial charge in [-0.15, -0.1) is 0 Å². The van der Waals surface area contributed by atoms with Crippen LogP contribution in [-0.2, 0) is 0 Å². The monoisotopic (exact) mass is 176 g/mol. The molecule has 0 amide bonds. The van der Waals surface area contributed by atoms with Crippen LogP contribution in [0, 0.1) is 0 Å². The number of hydrogen-bond acceptors (Lipinski definition) is 2. The van der Waals surface area contributed by atoms with Gasteiger partial charge < -0.3 is 5.32 Å². The van der Waals surface area contributed by atoms with Crippen LogP contribution in [0.4, 0.5) is 0 Å². The van der Waals surface area contributed by atoms with E-state index in [1.165, 1.54) is 11.3 Å². The van der Waals surface area contributed by atoms with Gasteiger partial charge in [-0.3, -0.25) is 4.99 Å². The summed E-state index contributed by atoms with van der Waals surface area (Å²) in [4.78, 5) is 4.18. The van der Waals surface area contributed by atoms with Crippen molar-refractivity contribution in [2.24, 2.45) is 4.99 Å². The molecule has 13 heavy (non-hydrogen) atoms. The molecule has 0 radical (unpaired) electrons. The van der Waals surface area contributed by atoms with E-state index >= 15 is 0 Å². The third kappa shape index (κ3) is 2.31. The molecule has 0 aromatic heterocycles. The summed E-state index contributed by atoms with van der Waals surface area (Å²) in [5, 5.41) is 3.24. The van der Waals surface area contributed by atoms with Gasteiger partial charge in [0.15, 0.2) is 0 Å². The molecule has 2 nitrogen and oxygen atoms in total. The van der Waals surface area contributed by atoms with Crippen LogP contribution in [0.2, 0.25) is 0 Å². The zero-order valence-electron chi connectivity index (χ0n) is 8.35. The summed E-state index contributed by atoms with van der Waals surface area (Å²) in [6, 6.07) is 0. The lowest BCUT2D eigenvalue weighted by Gasteiger charge is -2.21. The molecule has 0 unspecified atom stereocenters. The van der Waals surface area contributed by atoms with Gasteiger partial charge in [0.05, 0.1) is 0 Å². The molecule has 0 spiro atoms. The molecular weight excluding hydrogens is 160 g/mol. The predicted octanol–water partition coefficient (Wildman–Crippen LogP) is 2.76. The molecule has 70 valence electrons. The third-order valence-electron chi connectivity index (χ3n) is 2.22. The second-order valence-electron chi connectivity index (χ2n) is 3.23. The van der Waals surface area contributed by atoms with Gasteiger partial charge in [-0.05, 0) is 32.3 Å². The molecule has 0 saturated carbocycles. The Morgan fingerprint density at radius 3 is 2.77 bits per heavy atom. The highest BCUT2D eigenvalue weighted by Gasteiger charge is 2.12. The van der Waals surface area contributed by atoms with E-state index in [2.05, 4.69) is 30.4 Å². The van der Waals surface area contributed by atoms with E-state index in [4.69, 9.17) is 0 Å². The third-order valence-corrected chi connectivity index (χ3v) is 2.22. The Kier molecular flexibility index (Phi) is 3.07. The lowest BCUT2D eigenvalue weighted by molar-refractivity contribution is 0.778. The van der Waals surface area contributed by atoms with Crippen molar-refractivity contribution in [2.45, 2.75) is 26.7 Å². The molecule has 1 aliphatic heterocycles. The number of allylic oxidation sites excluding steroid dienone is 3. The van der Waals surface area contributed by atoms with Crippen LogP contribution in [0.15, 0.2) is 41.3 Å². The zero-order chi connectivity index (χ0) is 9.84. The van der Waals surface area contributed by atoms with Gasteiger partial charge >= 0.3 is 0 Å². The maximum absolute atomic E-state index is 4.18. The summed E-state index contributed by atoms with van der Waals surface area (Å²) in [7, 11) is 0. The van der Waals surface area contributed by atoms with Crippen LogP contribution < -0.4 is 5.32 Å². The van der Waals surface area contributed by atoms with Gasteiger partial charge in [0.25, 0.3) is 0 Å². The Morgan fingerprint density at radius 2 is 2.23 bits per heavy atom. The van der Waals surface area contributed by atoms with Crippen molar-refractivity contribution in [2.75, 3.05) is 0 Å². The number of nitrogens with zero attached hydrogens (tertiary/aromatic N) is 1. The summed E-state index contributed by atoms with van der Waals surface area (Å²) < 4.78 is 0. The Hall–Kier alpha value is -1.31. The SMILES string of the molecule is C=CN=C(C)C1=C(C)NC(=C)CC1. The highest BCUT2D eigenvalue weighted by Crippen LogP contribution is 2.20. The standard InChI is InChI=1S/C11H16N2/c1-5-12-9(3)11-7-6-8(2)13-10(11)4/h5,13H,1-2,6-7H2,3-4H3. The Balaban J connectivity index is 2.91. The maximum Gasteiger partial charge on any atom is 0.0421 e. The van der Waals surface area contributed by atoms with Crippen LogP contribution in [0.5, 0.6) is 0 Å². The van der Waals surface area contributed by atoms with Crippen LogP contribution in [0.25, 0.3) is 0 Å². The second kappa shape index (κ2) is 4.08. The van der Waals surface area contributed by atoms with Gasteiger partial charge in [0.1, 0.15) is 0 Å². The second-order valence-corrected chi connectivity index (χ2v) is 3.23. The smallest absolute Gasteiger partial charge is 0.0421 e. The van der Waals surface area contributed by atoms with Crippen LogP contribution in [0.1, 0.15) is 26.7 Å². The highest BCUT2D eigenvalue weighted by molar-refractivity contribution is 5.99. The molecule has 0 bridgehead atoms. The molecule has 1 rings (SSSR count). The Morgan fingerprint density at radius 1 is 1.54 bits per heavy atom. The fourth-order valence-corrected chi connectivity index (χ4v) is 1.53. The van der Waals surface area contributed by atoms with Crippen molar-refractivity contribution in [1.82, 2.24) is 5.32 Å². The fourth-order valence-electron chi connectivity index (χ4n) is 1.53. The van der Waals surface area contributed by atoms with Gasteiger partial charge in [0.2, 0.25) is 0 Å². The van der Waals surface area contributed by atoms with Crippen molar-refractivity contribution in [3.63, 3.8) is 0 Å². The molecule has 0 fully saturated rings. The molecular formula is C11H16N2. The predicted molar refractivity (Wildman–Crippen MR) is 57.5 cm³/mol. The van der Waals surface area contributed by atoms with Gasteiger partial charge in [-0.25, -0.2) is 0 Å². The van der Waals surface area contributed by atoms with E-state index in [9.17, 15) is 0 Å². The maximum atomic E-state index is 4.18. The molecule has 0 aromatic rings. The molecule has 0 saturated heterocycles. The Bertz CT molecular complexity index is 295. The lowest BCUT2D eigenvalue weighted by atomic mass is 9.99. The highest BCUT2D eigenvalue weighted by atomic mass is 14.9. The molecule has 1 N–H and O–H groups in total. The van der Waals surface area contributed by atoms with Gasteiger partial charge in [-0.2, -0.15) is 0 Å². The normalized spacial score (nSPS) is 18.6. The minimum absolute atomic E-state index is 0.997. The first kappa shape index (κ1) is 9.78. The van der Waals surface area contributed by atoms with Crippen LogP contribution >= 0.6 is 0 Å². The molecule has 1 aliphatic rings. The first-order valence-corrected chi connectivity index (χ1v) is 4.45. The van der Waals surface area contributed by atoms with E-state index in [0.29, 0.717) is 0 Å². The topological polar surface area (TPSA) is 24.4 Å². The average Bonchev–Trinajstić information content (AvgIpc) is 2.04. The van der Waals surface area contributed by atoms with E-state index in [-0.39, 0.29) is 0 Å². The number of rotatable bonds is 2. The fraction of sp³-hybridized carbons (Fsp3) is 0.364. The summed E-state index contributed by atoms with van der Waals surface area (Å²) >= 11 is 0. The van der Waals surface area contributed by atoms with E-state index in [1.54, 1.807) is 6.20 Å². The van der Waals surface area contributed by atoms with E-state index in [0.717, 1.165) is 24.3 Å². The summed E-state index contributed by atoms with van der Waals surface area (Å²) in [6.07, 6.45) is 3.61. The number of aliphatic imine (C=N–C) groups is 1. The largest absolute Gasteiger partial charge is 0.363 e. The molecule has 2 heteroatoms. The van der Waals surface area contributed by atoms with Gasteiger partial charge in [-0.1, -0.05) is 13.2 Å². The molecule has 0 aromatic carbocycles.